The van der Waals surface area contributed by atoms with Crippen LogP contribution in [0.4, 0.5) is 4.39 Å². The molecule has 5 rings (SSSR count). The molecule has 1 aliphatic heterocycles. The van der Waals surface area contributed by atoms with Gasteiger partial charge < -0.3 is 9.47 Å². The van der Waals surface area contributed by atoms with Gasteiger partial charge in [-0.1, -0.05) is 36.0 Å². The van der Waals surface area contributed by atoms with E-state index in [4.69, 9.17) is 4.98 Å². The van der Waals surface area contributed by atoms with Crippen molar-refractivity contribution in [3.63, 3.8) is 0 Å². The highest BCUT2D eigenvalue weighted by atomic mass is 32.2. The van der Waals surface area contributed by atoms with Crippen LogP contribution in [0.1, 0.15) is 40.7 Å². The van der Waals surface area contributed by atoms with Crippen molar-refractivity contribution in [2.24, 2.45) is 0 Å². The number of aromatic nitrogens is 3. The molecular weight excluding hydrogens is 435 g/mol. The minimum atomic E-state index is -0.247. The van der Waals surface area contributed by atoms with E-state index in [1.54, 1.807) is 36.3 Å². The predicted molar refractivity (Wildman–Crippen MR) is 129 cm³/mol. The van der Waals surface area contributed by atoms with Crippen LogP contribution in [0.5, 0.6) is 0 Å². The summed E-state index contributed by atoms with van der Waals surface area (Å²) in [5.74, 6) is 0.597. The standard InChI is InChI=1S/C26H25FN4OS/c27-22-6-4-5-20(15-22)17-31-24-16-28-12-11-23(24)29-26(31)33-18-19-7-9-21(10-8-19)25(32)30-13-2-1-3-14-30/h4-12,15-16H,1-3,13-14,17-18H2. The van der Waals surface area contributed by atoms with Gasteiger partial charge in [-0.05, 0) is 60.7 Å². The van der Waals surface area contributed by atoms with Crippen LogP contribution in [0.3, 0.4) is 0 Å². The summed E-state index contributed by atoms with van der Waals surface area (Å²) in [6.07, 6.45) is 6.92. The first kappa shape index (κ1) is 21.6. The number of carbonyl (C=O) groups is 1. The van der Waals surface area contributed by atoms with Crippen molar-refractivity contribution < 1.29 is 9.18 Å². The molecule has 2 aromatic carbocycles. The first-order chi connectivity index (χ1) is 16.2. The van der Waals surface area contributed by atoms with Gasteiger partial charge >= 0.3 is 0 Å². The third kappa shape index (κ3) is 4.93. The summed E-state index contributed by atoms with van der Waals surface area (Å²) in [5.41, 5.74) is 4.53. The van der Waals surface area contributed by atoms with E-state index < -0.39 is 0 Å². The Morgan fingerprint density at radius 3 is 2.61 bits per heavy atom. The largest absolute Gasteiger partial charge is 0.339 e. The van der Waals surface area contributed by atoms with Crippen LogP contribution in [0.2, 0.25) is 0 Å². The molecule has 4 aromatic rings. The van der Waals surface area contributed by atoms with Gasteiger partial charge in [0.15, 0.2) is 5.16 Å². The summed E-state index contributed by atoms with van der Waals surface area (Å²) in [6, 6.07) is 16.4. The molecular formula is C26H25FN4OS. The number of thioether (sulfide) groups is 1. The van der Waals surface area contributed by atoms with Crippen molar-refractivity contribution in [2.45, 2.75) is 36.7 Å². The molecule has 0 aliphatic carbocycles. The number of benzene rings is 2. The molecule has 0 spiro atoms. The first-order valence-corrected chi connectivity index (χ1v) is 12.2. The van der Waals surface area contributed by atoms with E-state index in [1.807, 2.05) is 41.3 Å². The Balaban J connectivity index is 1.32. The molecule has 1 aliphatic rings. The lowest BCUT2D eigenvalue weighted by Gasteiger charge is -2.26. The third-order valence-corrected chi connectivity index (χ3v) is 7.00. The number of rotatable bonds is 6. The van der Waals surface area contributed by atoms with Gasteiger partial charge in [0.2, 0.25) is 0 Å². The van der Waals surface area contributed by atoms with E-state index in [-0.39, 0.29) is 11.7 Å². The smallest absolute Gasteiger partial charge is 0.253 e. The zero-order valence-corrected chi connectivity index (χ0v) is 19.1. The molecule has 1 fully saturated rings. The fraction of sp³-hybridized carbons (Fsp3) is 0.269. The van der Waals surface area contributed by atoms with Crippen LogP contribution in [-0.2, 0) is 12.3 Å². The Bertz CT molecular complexity index is 1270. The van der Waals surface area contributed by atoms with Gasteiger partial charge in [-0.3, -0.25) is 9.78 Å². The van der Waals surface area contributed by atoms with Gasteiger partial charge in [0.25, 0.3) is 5.91 Å². The molecule has 0 unspecified atom stereocenters. The minimum absolute atomic E-state index is 0.123. The van der Waals surface area contributed by atoms with Gasteiger partial charge in [-0.2, -0.15) is 0 Å². The van der Waals surface area contributed by atoms with Crippen LogP contribution >= 0.6 is 11.8 Å². The average molecular weight is 461 g/mol. The van der Waals surface area contributed by atoms with Gasteiger partial charge in [-0.15, -0.1) is 0 Å². The second-order valence-corrected chi connectivity index (χ2v) is 9.26. The summed E-state index contributed by atoms with van der Waals surface area (Å²) >= 11 is 1.63. The van der Waals surface area contributed by atoms with Crippen LogP contribution < -0.4 is 0 Å². The third-order valence-electron chi connectivity index (χ3n) is 5.96. The van der Waals surface area contributed by atoms with E-state index in [2.05, 4.69) is 9.55 Å². The molecule has 33 heavy (non-hydrogen) atoms. The summed E-state index contributed by atoms with van der Waals surface area (Å²) in [4.78, 5) is 23.7. The van der Waals surface area contributed by atoms with Gasteiger partial charge in [0.1, 0.15) is 5.82 Å². The number of hydrogen-bond acceptors (Lipinski definition) is 4. The average Bonchev–Trinajstić information content (AvgIpc) is 3.20. The maximum Gasteiger partial charge on any atom is 0.253 e. The number of likely N-dealkylation sites (tertiary alicyclic amines) is 1. The summed E-state index contributed by atoms with van der Waals surface area (Å²) < 4.78 is 15.8. The first-order valence-electron chi connectivity index (χ1n) is 11.2. The number of piperidine rings is 1. The van der Waals surface area contributed by atoms with E-state index >= 15 is 0 Å². The van der Waals surface area contributed by atoms with Crippen molar-refractivity contribution in [3.05, 3.63) is 89.5 Å². The zero-order chi connectivity index (χ0) is 22.6. The number of fused-ring (bicyclic) bond motifs is 1. The summed E-state index contributed by atoms with van der Waals surface area (Å²) in [7, 11) is 0. The van der Waals surface area contributed by atoms with Crippen molar-refractivity contribution >= 4 is 28.7 Å². The molecule has 0 saturated carbocycles. The van der Waals surface area contributed by atoms with Gasteiger partial charge in [0.05, 0.1) is 23.8 Å². The quantitative estimate of drug-likeness (QED) is 0.355. The molecule has 7 heteroatoms. The second kappa shape index (κ2) is 9.75. The highest BCUT2D eigenvalue weighted by Gasteiger charge is 2.18. The van der Waals surface area contributed by atoms with Crippen LogP contribution in [0.25, 0.3) is 11.0 Å². The topological polar surface area (TPSA) is 51.0 Å². The van der Waals surface area contributed by atoms with Gasteiger partial charge in [0, 0.05) is 30.6 Å². The predicted octanol–water partition coefficient (Wildman–Crippen LogP) is 5.54. The summed E-state index contributed by atoms with van der Waals surface area (Å²) in [5, 5.41) is 0.857. The molecule has 1 saturated heterocycles. The maximum absolute atomic E-state index is 13.7. The Morgan fingerprint density at radius 2 is 1.82 bits per heavy atom. The molecule has 5 nitrogen and oxygen atoms in total. The van der Waals surface area contributed by atoms with Crippen LogP contribution in [0, 0.1) is 5.82 Å². The Morgan fingerprint density at radius 1 is 1.00 bits per heavy atom. The van der Waals surface area contributed by atoms with Crippen LogP contribution in [0.15, 0.2) is 72.1 Å². The molecule has 0 radical (unpaired) electrons. The number of hydrogen-bond donors (Lipinski definition) is 0. The SMILES string of the molecule is O=C(c1ccc(CSc2nc3ccncc3n2Cc2cccc(F)c2)cc1)N1CCCCC1. The lowest BCUT2D eigenvalue weighted by atomic mass is 10.1. The van der Waals surface area contributed by atoms with E-state index in [0.717, 1.165) is 64.6 Å². The van der Waals surface area contributed by atoms with E-state index in [0.29, 0.717) is 6.54 Å². The molecule has 0 atom stereocenters. The van der Waals surface area contributed by atoms with E-state index in [9.17, 15) is 9.18 Å². The summed E-state index contributed by atoms with van der Waals surface area (Å²) in [6.45, 7) is 2.23. The molecule has 2 aromatic heterocycles. The second-order valence-electron chi connectivity index (χ2n) is 8.31. The molecule has 168 valence electrons. The van der Waals surface area contributed by atoms with Gasteiger partial charge in [-0.25, -0.2) is 9.37 Å². The van der Waals surface area contributed by atoms with Crippen molar-refractivity contribution in [1.82, 2.24) is 19.4 Å². The highest BCUT2D eigenvalue weighted by molar-refractivity contribution is 7.98. The Kier molecular flexibility index (Phi) is 6.39. The van der Waals surface area contributed by atoms with Crippen LogP contribution in [-0.4, -0.2) is 38.4 Å². The van der Waals surface area contributed by atoms with Crippen molar-refractivity contribution in [3.8, 4) is 0 Å². The number of halogens is 1. The zero-order valence-electron chi connectivity index (χ0n) is 18.3. The Labute approximate surface area is 196 Å². The Hall–Kier alpha value is -3.19. The molecule has 1 amide bonds. The maximum atomic E-state index is 13.7. The molecule has 3 heterocycles. The number of carbonyl (C=O) groups excluding carboxylic acids is 1. The van der Waals surface area contributed by atoms with Crippen molar-refractivity contribution in [1.29, 1.82) is 0 Å². The molecule has 0 N–H and O–H groups in total. The van der Waals surface area contributed by atoms with E-state index in [1.165, 1.54) is 12.5 Å². The minimum Gasteiger partial charge on any atom is -0.339 e. The highest BCUT2D eigenvalue weighted by Crippen LogP contribution is 2.28. The lowest BCUT2D eigenvalue weighted by Crippen LogP contribution is -2.35. The van der Waals surface area contributed by atoms with Crippen molar-refractivity contribution in [2.75, 3.05) is 13.1 Å². The number of imidazole rings is 1. The fourth-order valence-electron chi connectivity index (χ4n) is 4.20. The normalized spacial score (nSPS) is 14.0. The monoisotopic (exact) mass is 460 g/mol. The number of nitrogens with zero attached hydrogens (tertiary/aromatic N) is 4. The number of amides is 1. The lowest BCUT2D eigenvalue weighted by molar-refractivity contribution is 0.0724. The fourth-order valence-corrected chi connectivity index (χ4v) is 5.17. The molecule has 0 bridgehead atoms. The number of pyridine rings is 1.